The smallest absolute Gasteiger partial charge is 0.312 e. The van der Waals surface area contributed by atoms with Crippen molar-refractivity contribution in [1.29, 1.82) is 5.26 Å². The fraction of sp³-hybridized carbons (Fsp3) is 0.400. The number of hydrogen-bond acceptors (Lipinski definition) is 13. The third-order valence-corrected chi connectivity index (χ3v) is 9.46. The van der Waals surface area contributed by atoms with Crippen molar-refractivity contribution >= 4 is 40.4 Å². The molecule has 15 nitrogen and oxygen atoms in total. The van der Waals surface area contributed by atoms with Crippen LogP contribution in [0.25, 0.3) is 11.1 Å². The number of Topliss-reactive ketones (excluding diaryl/α,β-unsaturated/α-hetero) is 4. The van der Waals surface area contributed by atoms with E-state index in [1.165, 1.54) is 19.0 Å². The predicted molar refractivity (Wildman–Crippen MR) is 158 cm³/mol. The maximum absolute atomic E-state index is 14.5. The highest BCUT2D eigenvalue weighted by atomic mass is 16.6. The van der Waals surface area contributed by atoms with E-state index in [0.29, 0.717) is 5.56 Å². The number of benzene rings is 2. The molecular formula is C30H31N7O8. The van der Waals surface area contributed by atoms with Crippen LogP contribution in [-0.2, 0) is 25.6 Å². The molecular weight excluding hydrogens is 586 g/mol. The van der Waals surface area contributed by atoms with Crippen molar-refractivity contribution < 1.29 is 34.0 Å². The minimum Gasteiger partial charge on any atom is -0.502 e. The lowest BCUT2D eigenvalue weighted by Gasteiger charge is -2.60. The highest BCUT2D eigenvalue weighted by molar-refractivity contribution is 6.33. The summed E-state index contributed by atoms with van der Waals surface area (Å²) in [4.78, 5) is 82.8. The number of anilines is 1. The van der Waals surface area contributed by atoms with Crippen LogP contribution in [0.4, 0.5) is 11.4 Å². The summed E-state index contributed by atoms with van der Waals surface area (Å²) in [6.07, 6.45) is -0.958. The Labute approximate surface area is 256 Å². The first-order chi connectivity index (χ1) is 20.9. The van der Waals surface area contributed by atoms with Crippen molar-refractivity contribution in [1.82, 2.24) is 4.90 Å². The number of nitrogens with zero attached hydrogens (tertiary/aromatic N) is 4. The lowest BCUT2D eigenvalue weighted by Crippen LogP contribution is -2.85. The Balaban J connectivity index is 1.81. The summed E-state index contributed by atoms with van der Waals surface area (Å²) in [7, 11) is 6.44. The molecule has 0 saturated heterocycles. The summed E-state index contributed by atoms with van der Waals surface area (Å²) < 4.78 is 0. The molecule has 2 aromatic rings. The fourth-order valence-corrected chi connectivity index (χ4v) is 7.60. The zero-order chi connectivity index (χ0) is 33.5. The average Bonchev–Trinajstić information content (AvgIpc) is 2.92. The van der Waals surface area contributed by atoms with Crippen LogP contribution in [0.15, 0.2) is 30.3 Å². The van der Waals surface area contributed by atoms with Gasteiger partial charge in [-0.2, -0.15) is 5.26 Å². The SMILES string of the molecule is CN(C)c1ccc(-c2cc([N+](=O)[O-])c(O)c3c2C[C@@]2(N)C[C@@]4(N)C(N(C)C)C(=O)C(C(N)=O)C(=O)[C@@]4(C#N)C(=O)C2C3=O)cc1. The van der Waals surface area contributed by atoms with E-state index in [4.69, 9.17) is 17.2 Å². The first-order valence-electron chi connectivity index (χ1n) is 13.8. The molecule has 3 aliphatic rings. The van der Waals surface area contributed by atoms with Gasteiger partial charge < -0.3 is 27.2 Å². The molecule has 234 valence electrons. The minimum atomic E-state index is -2.92. The van der Waals surface area contributed by atoms with Crippen LogP contribution < -0.4 is 22.1 Å². The third kappa shape index (κ3) is 3.96. The zero-order valence-corrected chi connectivity index (χ0v) is 24.9. The van der Waals surface area contributed by atoms with Crippen molar-refractivity contribution in [3.63, 3.8) is 0 Å². The zero-order valence-electron chi connectivity index (χ0n) is 24.9. The summed E-state index contributed by atoms with van der Waals surface area (Å²) >= 11 is 0. The third-order valence-electron chi connectivity index (χ3n) is 9.46. The number of carbonyl (C=O) groups excluding carboxylic acids is 5. The molecule has 3 unspecified atom stereocenters. The van der Waals surface area contributed by atoms with Gasteiger partial charge in [0, 0.05) is 31.4 Å². The molecule has 0 spiro atoms. The number of phenols is 1. The van der Waals surface area contributed by atoms with Crippen molar-refractivity contribution in [2.45, 2.75) is 30.0 Å². The lowest BCUT2D eigenvalue weighted by molar-refractivity contribution is -0.385. The first-order valence-corrected chi connectivity index (χ1v) is 13.8. The maximum atomic E-state index is 14.5. The molecule has 3 aliphatic carbocycles. The van der Waals surface area contributed by atoms with Gasteiger partial charge >= 0.3 is 5.69 Å². The average molecular weight is 618 g/mol. The maximum Gasteiger partial charge on any atom is 0.312 e. The number of amides is 1. The van der Waals surface area contributed by atoms with Crippen LogP contribution in [0.1, 0.15) is 22.3 Å². The number of ketones is 4. The van der Waals surface area contributed by atoms with E-state index in [2.05, 4.69) is 0 Å². The molecule has 45 heavy (non-hydrogen) atoms. The van der Waals surface area contributed by atoms with E-state index < -0.39 is 91.8 Å². The first kappa shape index (κ1) is 31.4. The molecule has 7 N–H and O–H groups in total. The number of rotatable bonds is 5. The van der Waals surface area contributed by atoms with E-state index in [-0.39, 0.29) is 17.5 Å². The van der Waals surface area contributed by atoms with Gasteiger partial charge in [0.15, 0.2) is 34.5 Å². The monoisotopic (exact) mass is 617 g/mol. The number of nitro benzene ring substituents is 1. The van der Waals surface area contributed by atoms with E-state index in [1.807, 2.05) is 19.0 Å². The number of nitrogens with two attached hydrogens (primary N) is 3. The molecule has 0 aliphatic heterocycles. The molecule has 15 heteroatoms. The topological polar surface area (TPSA) is 257 Å². The molecule has 2 fully saturated rings. The number of likely N-dealkylation sites (N-methyl/N-ethyl adjacent to an activating group) is 1. The number of phenolic OH excluding ortho intramolecular Hbond substituents is 1. The Hall–Kier alpha value is -5.04. The van der Waals surface area contributed by atoms with Gasteiger partial charge in [0.25, 0.3) is 0 Å². The number of carbonyl (C=O) groups is 5. The summed E-state index contributed by atoms with van der Waals surface area (Å²) in [5.41, 5.74) is 12.1. The minimum absolute atomic E-state index is 0.0881. The van der Waals surface area contributed by atoms with E-state index in [0.717, 1.165) is 11.8 Å². The molecule has 1 amide bonds. The van der Waals surface area contributed by atoms with Gasteiger partial charge in [0.1, 0.15) is 5.92 Å². The number of nitriles is 1. The molecule has 0 heterocycles. The molecule has 0 radical (unpaired) electrons. The van der Waals surface area contributed by atoms with Gasteiger partial charge in [-0.05, 0) is 55.8 Å². The number of hydrogen-bond donors (Lipinski definition) is 4. The van der Waals surface area contributed by atoms with Gasteiger partial charge in [0.05, 0.1) is 28.1 Å². The summed E-state index contributed by atoms with van der Waals surface area (Å²) in [5.74, 6) is -11.6. The lowest BCUT2D eigenvalue weighted by atomic mass is 9.42. The molecule has 2 saturated carbocycles. The van der Waals surface area contributed by atoms with Gasteiger partial charge in [0.2, 0.25) is 11.7 Å². The van der Waals surface area contributed by atoms with Crippen LogP contribution in [-0.4, -0.2) is 89.3 Å². The van der Waals surface area contributed by atoms with Crippen molar-refractivity contribution in [3.05, 3.63) is 51.6 Å². The molecule has 6 atom stereocenters. The highest BCUT2D eigenvalue weighted by Gasteiger charge is 2.78. The van der Waals surface area contributed by atoms with Crippen LogP contribution in [0.2, 0.25) is 0 Å². The van der Waals surface area contributed by atoms with Crippen molar-refractivity contribution in [3.8, 4) is 22.9 Å². The van der Waals surface area contributed by atoms with Crippen LogP contribution in [0.5, 0.6) is 5.75 Å². The highest BCUT2D eigenvalue weighted by Crippen LogP contribution is 2.57. The number of fused-ring (bicyclic) bond motifs is 3. The summed E-state index contributed by atoms with van der Waals surface area (Å²) in [6.45, 7) is 0. The summed E-state index contributed by atoms with van der Waals surface area (Å²) in [6, 6.07) is 7.98. The predicted octanol–water partition coefficient (Wildman–Crippen LogP) is -0.550. The van der Waals surface area contributed by atoms with Gasteiger partial charge in [-0.3, -0.25) is 39.0 Å². The molecule has 0 bridgehead atoms. The Bertz CT molecular complexity index is 1780. The second-order valence-corrected chi connectivity index (χ2v) is 12.5. The van der Waals surface area contributed by atoms with Crippen molar-refractivity contribution in [2.24, 2.45) is 34.5 Å². The van der Waals surface area contributed by atoms with Gasteiger partial charge in [-0.15, -0.1) is 0 Å². The number of primary amides is 1. The second kappa shape index (κ2) is 9.99. The molecule has 2 aromatic carbocycles. The van der Waals surface area contributed by atoms with Gasteiger partial charge in [-0.1, -0.05) is 12.1 Å². The fourth-order valence-electron chi connectivity index (χ4n) is 7.60. The Morgan fingerprint density at radius 1 is 1.09 bits per heavy atom. The van der Waals surface area contributed by atoms with E-state index in [1.54, 1.807) is 30.3 Å². The van der Waals surface area contributed by atoms with Crippen LogP contribution in [0, 0.1) is 38.7 Å². The Morgan fingerprint density at radius 2 is 1.69 bits per heavy atom. The van der Waals surface area contributed by atoms with Crippen LogP contribution >= 0.6 is 0 Å². The normalized spacial score (nSPS) is 30.7. The number of nitro groups is 1. The van der Waals surface area contributed by atoms with E-state index >= 15 is 0 Å². The van der Waals surface area contributed by atoms with Gasteiger partial charge in [-0.25, -0.2) is 0 Å². The quantitative estimate of drug-likeness (QED) is 0.187. The summed E-state index contributed by atoms with van der Waals surface area (Å²) in [5, 5.41) is 33.6. The molecule has 0 aromatic heterocycles. The Kier molecular flexibility index (Phi) is 6.97. The van der Waals surface area contributed by atoms with E-state index in [9.17, 15) is 44.5 Å². The van der Waals surface area contributed by atoms with Crippen molar-refractivity contribution in [2.75, 3.05) is 33.1 Å². The standard InChI is InChI=1S/C30H31N7O8/c1-35(2)14-7-5-13(6-8-14)15-9-17(37(44)45)21(38)18-16(15)10-28(33)11-30(34)24(36(3)4)23(40)19(27(32)43)25(41)29(30,12-31)26(42)20(28)22(18)39/h5-9,19-20,24,38H,10-11,33-34H2,1-4H3,(H2,32,43)/t19?,20?,24?,28-,29+,30-/m1/s1. The second-order valence-electron chi connectivity index (χ2n) is 12.5. The number of aromatic hydroxyl groups is 1. The molecule has 5 rings (SSSR count). The Morgan fingerprint density at radius 3 is 2.18 bits per heavy atom. The van der Waals surface area contributed by atoms with Crippen LogP contribution in [0.3, 0.4) is 0 Å². The largest absolute Gasteiger partial charge is 0.502 e.